The van der Waals surface area contributed by atoms with Crippen molar-refractivity contribution in [2.45, 2.75) is 44.6 Å². The molecule has 146 valence electrons. The van der Waals surface area contributed by atoms with Crippen molar-refractivity contribution in [3.63, 3.8) is 0 Å². The van der Waals surface area contributed by atoms with Crippen molar-refractivity contribution in [2.24, 2.45) is 5.41 Å². The molecule has 1 heterocycles. The standard InChI is InChI=1S/C21H27NO5/c1-3-6-15-7-8-17(18(11-15)26-2)27-14-16(23)13-22-19(24)12-21(20(22)25)9-4-5-10-21/h3,7-8,11,16,23H,1,4-6,9-10,12-14H2,2H3. The third-order valence-electron chi connectivity index (χ3n) is 5.48. The Morgan fingerprint density at radius 2 is 2.04 bits per heavy atom. The molecule has 1 spiro atoms. The number of likely N-dealkylation sites (tertiary alicyclic amines) is 1. The molecule has 1 atom stereocenters. The predicted molar refractivity (Wildman–Crippen MR) is 101 cm³/mol. The van der Waals surface area contributed by atoms with Crippen LogP contribution in [0.3, 0.4) is 0 Å². The summed E-state index contributed by atoms with van der Waals surface area (Å²) in [5, 5.41) is 10.3. The molecule has 1 aromatic carbocycles. The molecule has 27 heavy (non-hydrogen) atoms. The Morgan fingerprint density at radius 1 is 1.30 bits per heavy atom. The van der Waals surface area contributed by atoms with E-state index in [0.29, 0.717) is 11.5 Å². The molecule has 0 aromatic heterocycles. The molecule has 1 N–H and O–H groups in total. The number of amides is 2. The summed E-state index contributed by atoms with van der Waals surface area (Å²) in [6.45, 7) is 3.66. The Kier molecular flexibility index (Phi) is 5.85. The highest BCUT2D eigenvalue weighted by molar-refractivity contribution is 6.06. The number of carbonyl (C=O) groups is 2. The highest BCUT2D eigenvalue weighted by atomic mass is 16.5. The fourth-order valence-electron chi connectivity index (χ4n) is 4.06. The van der Waals surface area contributed by atoms with E-state index in [0.717, 1.165) is 37.7 Å². The number of benzene rings is 1. The Labute approximate surface area is 159 Å². The van der Waals surface area contributed by atoms with E-state index in [1.807, 2.05) is 12.1 Å². The van der Waals surface area contributed by atoms with E-state index >= 15 is 0 Å². The van der Waals surface area contributed by atoms with Gasteiger partial charge in [-0.25, -0.2) is 0 Å². The monoisotopic (exact) mass is 373 g/mol. The molecule has 1 aromatic rings. The van der Waals surface area contributed by atoms with Gasteiger partial charge in [0.15, 0.2) is 11.5 Å². The first-order chi connectivity index (χ1) is 13.0. The number of allylic oxidation sites excluding steroid dienone is 1. The van der Waals surface area contributed by atoms with E-state index in [-0.39, 0.29) is 31.4 Å². The number of ether oxygens (including phenoxy) is 2. The van der Waals surface area contributed by atoms with Crippen molar-refractivity contribution in [2.75, 3.05) is 20.3 Å². The molecule has 1 aliphatic carbocycles. The SMILES string of the molecule is C=CCc1ccc(OCC(O)CN2C(=O)CC3(CCCC3)C2=O)c(OC)c1. The second kappa shape index (κ2) is 8.13. The lowest BCUT2D eigenvalue weighted by atomic mass is 9.84. The highest BCUT2D eigenvalue weighted by Gasteiger charge is 2.52. The number of carbonyl (C=O) groups excluding carboxylic acids is 2. The Bertz CT molecular complexity index is 723. The third kappa shape index (κ3) is 4.00. The number of aliphatic hydroxyl groups excluding tert-OH is 1. The average Bonchev–Trinajstić information content (AvgIpc) is 3.21. The molecule has 2 fully saturated rings. The van der Waals surface area contributed by atoms with Gasteiger partial charge in [0.2, 0.25) is 11.8 Å². The lowest BCUT2D eigenvalue weighted by molar-refractivity contribution is -0.143. The van der Waals surface area contributed by atoms with E-state index in [1.165, 1.54) is 4.90 Å². The van der Waals surface area contributed by atoms with Crippen LogP contribution < -0.4 is 9.47 Å². The van der Waals surface area contributed by atoms with Crippen molar-refractivity contribution in [3.05, 3.63) is 36.4 Å². The average molecular weight is 373 g/mol. The van der Waals surface area contributed by atoms with Crippen LogP contribution in [0.4, 0.5) is 0 Å². The second-order valence-corrected chi connectivity index (χ2v) is 7.42. The molecule has 1 saturated carbocycles. The van der Waals surface area contributed by atoms with Gasteiger partial charge in [-0.3, -0.25) is 14.5 Å². The number of hydrogen-bond donors (Lipinski definition) is 1. The van der Waals surface area contributed by atoms with Crippen LogP contribution in [0.1, 0.15) is 37.7 Å². The second-order valence-electron chi connectivity index (χ2n) is 7.42. The van der Waals surface area contributed by atoms with Crippen LogP contribution in [-0.4, -0.2) is 48.2 Å². The summed E-state index contributed by atoms with van der Waals surface area (Å²) in [6.07, 6.45) is 5.37. The maximum absolute atomic E-state index is 12.7. The Hall–Kier alpha value is -2.34. The summed E-state index contributed by atoms with van der Waals surface area (Å²) in [5.74, 6) is 0.762. The number of rotatable bonds is 8. The lowest BCUT2D eigenvalue weighted by Gasteiger charge is -2.23. The Balaban J connectivity index is 1.58. The number of nitrogens with zero attached hydrogens (tertiary/aromatic N) is 1. The van der Waals surface area contributed by atoms with Crippen molar-refractivity contribution in [1.29, 1.82) is 0 Å². The summed E-state index contributed by atoms with van der Waals surface area (Å²) in [7, 11) is 1.55. The number of imide groups is 1. The van der Waals surface area contributed by atoms with Crippen LogP contribution in [0.2, 0.25) is 0 Å². The van der Waals surface area contributed by atoms with E-state index in [1.54, 1.807) is 19.3 Å². The Morgan fingerprint density at radius 3 is 2.70 bits per heavy atom. The van der Waals surface area contributed by atoms with Crippen LogP contribution in [-0.2, 0) is 16.0 Å². The molecule has 6 nitrogen and oxygen atoms in total. The molecule has 3 rings (SSSR count). The first kappa shape index (κ1) is 19.4. The largest absolute Gasteiger partial charge is 0.493 e. The topological polar surface area (TPSA) is 76.1 Å². The quantitative estimate of drug-likeness (QED) is 0.560. The molecule has 0 radical (unpaired) electrons. The van der Waals surface area contributed by atoms with Gasteiger partial charge in [-0.15, -0.1) is 6.58 Å². The molecule has 1 aliphatic heterocycles. The molecule has 2 aliphatic rings. The van der Waals surface area contributed by atoms with Crippen LogP contribution >= 0.6 is 0 Å². The summed E-state index contributed by atoms with van der Waals surface area (Å²) in [6, 6.07) is 5.55. The summed E-state index contributed by atoms with van der Waals surface area (Å²) >= 11 is 0. The van der Waals surface area contributed by atoms with Crippen molar-refractivity contribution >= 4 is 11.8 Å². The van der Waals surface area contributed by atoms with E-state index in [4.69, 9.17) is 9.47 Å². The summed E-state index contributed by atoms with van der Waals surface area (Å²) in [5.41, 5.74) is 0.534. The van der Waals surface area contributed by atoms with Gasteiger partial charge in [-0.05, 0) is 37.0 Å². The van der Waals surface area contributed by atoms with Gasteiger partial charge in [0, 0.05) is 6.42 Å². The van der Waals surface area contributed by atoms with Gasteiger partial charge >= 0.3 is 0 Å². The zero-order chi connectivity index (χ0) is 19.4. The minimum atomic E-state index is -0.952. The maximum Gasteiger partial charge on any atom is 0.235 e. The van der Waals surface area contributed by atoms with E-state index < -0.39 is 11.5 Å². The van der Waals surface area contributed by atoms with Gasteiger partial charge in [0.25, 0.3) is 0 Å². The van der Waals surface area contributed by atoms with Gasteiger partial charge in [-0.1, -0.05) is 25.0 Å². The number of methoxy groups -OCH3 is 1. The van der Waals surface area contributed by atoms with Crippen LogP contribution in [0.15, 0.2) is 30.9 Å². The number of aliphatic hydroxyl groups is 1. The maximum atomic E-state index is 12.7. The van der Waals surface area contributed by atoms with Crippen LogP contribution in [0, 0.1) is 5.41 Å². The first-order valence-electron chi connectivity index (χ1n) is 9.42. The van der Waals surface area contributed by atoms with E-state index in [2.05, 4.69) is 6.58 Å². The lowest BCUT2D eigenvalue weighted by Crippen LogP contribution is -2.41. The minimum absolute atomic E-state index is 0.0266. The normalized spacial score (nSPS) is 19.6. The minimum Gasteiger partial charge on any atom is -0.493 e. The predicted octanol–water partition coefficient (Wildman–Crippen LogP) is 2.48. The van der Waals surface area contributed by atoms with E-state index in [9.17, 15) is 14.7 Å². The van der Waals surface area contributed by atoms with Gasteiger partial charge in [0.1, 0.15) is 12.7 Å². The fraction of sp³-hybridized carbons (Fsp3) is 0.524. The van der Waals surface area contributed by atoms with Crippen molar-refractivity contribution < 1.29 is 24.2 Å². The molecule has 1 unspecified atom stereocenters. The summed E-state index contributed by atoms with van der Waals surface area (Å²) in [4.78, 5) is 26.2. The highest BCUT2D eigenvalue weighted by Crippen LogP contribution is 2.46. The van der Waals surface area contributed by atoms with Crippen molar-refractivity contribution in [1.82, 2.24) is 4.90 Å². The van der Waals surface area contributed by atoms with Gasteiger partial charge < -0.3 is 14.6 Å². The van der Waals surface area contributed by atoms with Gasteiger partial charge in [0.05, 0.1) is 19.1 Å². The number of β-amino-alcohol motifs (C(OH)–C–C–N with tert-alkyl or cyclic N) is 1. The third-order valence-corrected chi connectivity index (χ3v) is 5.48. The molecular formula is C21H27NO5. The molecule has 0 bridgehead atoms. The summed E-state index contributed by atoms with van der Waals surface area (Å²) < 4.78 is 11.0. The smallest absolute Gasteiger partial charge is 0.235 e. The van der Waals surface area contributed by atoms with Crippen LogP contribution in [0.5, 0.6) is 11.5 Å². The zero-order valence-corrected chi connectivity index (χ0v) is 15.8. The van der Waals surface area contributed by atoms with Crippen molar-refractivity contribution in [3.8, 4) is 11.5 Å². The molecule has 2 amide bonds. The number of hydrogen-bond acceptors (Lipinski definition) is 5. The zero-order valence-electron chi connectivity index (χ0n) is 15.8. The van der Waals surface area contributed by atoms with Gasteiger partial charge in [-0.2, -0.15) is 0 Å². The molecule has 6 heteroatoms. The molecule has 1 saturated heterocycles. The molecular weight excluding hydrogens is 346 g/mol. The first-order valence-corrected chi connectivity index (χ1v) is 9.42. The fourth-order valence-corrected chi connectivity index (χ4v) is 4.06. The van der Waals surface area contributed by atoms with Crippen LogP contribution in [0.25, 0.3) is 0 Å².